The normalized spacial score (nSPS) is 10.8. The Hall–Kier alpha value is -1.83. The van der Waals surface area contributed by atoms with Gasteiger partial charge in [-0.2, -0.15) is 0 Å². The summed E-state index contributed by atoms with van der Waals surface area (Å²) in [6, 6.07) is 9.62. The Morgan fingerprint density at radius 1 is 1.36 bits per heavy atom. The van der Waals surface area contributed by atoms with Crippen molar-refractivity contribution in [3.8, 4) is 0 Å². The van der Waals surface area contributed by atoms with Crippen LogP contribution in [0.5, 0.6) is 0 Å². The highest BCUT2D eigenvalue weighted by Gasteiger charge is 1.97. The van der Waals surface area contributed by atoms with Crippen LogP contribution in [0.1, 0.15) is 12.5 Å². The minimum Gasteiger partial charge on any atom is -0.434 e. The van der Waals surface area contributed by atoms with Crippen LogP contribution in [0, 0.1) is 0 Å². The van der Waals surface area contributed by atoms with Crippen LogP contribution in [0.25, 0.3) is 5.57 Å². The van der Waals surface area contributed by atoms with Crippen molar-refractivity contribution < 1.29 is 9.53 Å². The summed E-state index contributed by atoms with van der Waals surface area (Å²) < 4.78 is 4.78. The number of benzene rings is 1. The molecule has 0 aromatic heterocycles. The average Bonchev–Trinajstić information content (AvgIpc) is 2.20. The van der Waals surface area contributed by atoms with E-state index in [1.807, 2.05) is 30.3 Å². The molecule has 0 saturated heterocycles. The monoisotopic (exact) mass is 188 g/mol. The molecule has 1 rings (SSSR count). The van der Waals surface area contributed by atoms with Crippen LogP contribution in [0.15, 0.2) is 49.2 Å². The van der Waals surface area contributed by atoms with Crippen molar-refractivity contribution in [1.82, 2.24) is 0 Å². The van der Waals surface area contributed by atoms with E-state index in [4.69, 9.17) is 4.74 Å². The summed E-state index contributed by atoms with van der Waals surface area (Å²) >= 11 is 0. The van der Waals surface area contributed by atoms with E-state index in [0.717, 1.165) is 11.1 Å². The fraction of sp³-hybridized carbons (Fsp3) is 0.0833. The Bertz CT molecular complexity index is 350. The first-order chi connectivity index (χ1) is 6.74. The molecule has 0 aliphatic heterocycles. The topological polar surface area (TPSA) is 26.3 Å². The maximum absolute atomic E-state index is 10.6. The summed E-state index contributed by atoms with van der Waals surface area (Å²) in [5.41, 5.74) is 1.77. The second-order valence-electron chi connectivity index (χ2n) is 2.75. The van der Waals surface area contributed by atoms with Gasteiger partial charge in [0.15, 0.2) is 0 Å². The summed E-state index contributed by atoms with van der Waals surface area (Å²) in [7, 11) is 0. The minimum absolute atomic E-state index is 0.333. The predicted octanol–water partition coefficient (Wildman–Crippen LogP) is 2.78. The van der Waals surface area contributed by atoms with E-state index in [2.05, 4.69) is 6.58 Å². The van der Waals surface area contributed by atoms with Gasteiger partial charge >= 0.3 is 5.97 Å². The lowest BCUT2D eigenvalue weighted by Crippen LogP contribution is -1.91. The first kappa shape index (κ1) is 10.3. The Morgan fingerprint density at radius 3 is 2.50 bits per heavy atom. The van der Waals surface area contributed by atoms with E-state index >= 15 is 0 Å². The molecule has 0 aliphatic carbocycles. The van der Waals surface area contributed by atoms with Gasteiger partial charge in [0.25, 0.3) is 0 Å². The van der Waals surface area contributed by atoms with E-state index in [1.165, 1.54) is 13.2 Å². The molecule has 0 N–H and O–H groups in total. The van der Waals surface area contributed by atoms with Gasteiger partial charge in [0.05, 0.1) is 0 Å². The van der Waals surface area contributed by atoms with Gasteiger partial charge in [0.2, 0.25) is 0 Å². The summed E-state index contributed by atoms with van der Waals surface area (Å²) in [5.74, 6) is -0.333. The standard InChI is InChI=1S/C12H12O2/c1-3-11(9-14-10(2)13)12-7-5-4-6-8-12/h3-9H,1H2,2H3/b11-9+. The Balaban J connectivity index is 2.87. The fourth-order valence-electron chi connectivity index (χ4n) is 1.01. The van der Waals surface area contributed by atoms with Gasteiger partial charge in [-0.15, -0.1) is 0 Å². The Labute approximate surface area is 83.5 Å². The first-order valence-electron chi connectivity index (χ1n) is 4.29. The van der Waals surface area contributed by atoms with E-state index in [9.17, 15) is 4.79 Å². The summed E-state index contributed by atoms with van der Waals surface area (Å²) in [6.07, 6.45) is 3.06. The van der Waals surface area contributed by atoms with Crippen LogP contribution < -0.4 is 0 Å². The molecule has 0 spiro atoms. The number of esters is 1. The van der Waals surface area contributed by atoms with E-state index in [0.29, 0.717) is 0 Å². The molecule has 0 radical (unpaired) electrons. The number of ether oxygens (including phenoxy) is 1. The molecule has 1 aromatic carbocycles. The van der Waals surface area contributed by atoms with Crippen LogP contribution in [-0.2, 0) is 9.53 Å². The molecule has 0 unspecified atom stereocenters. The zero-order chi connectivity index (χ0) is 10.4. The van der Waals surface area contributed by atoms with Crippen molar-refractivity contribution in [2.45, 2.75) is 6.92 Å². The second kappa shape index (κ2) is 5.02. The molecule has 2 heteroatoms. The zero-order valence-electron chi connectivity index (χ0n) is 8.07. The van der Waals surface area contributed by atoms with Gasteiger partial charge in [0, 0.05) is 12.5 Å². The average molecular weight is 188 g/mol. The third-order valence-electron chi connectivity index (χ3n) is 1.68. The van der Waals surface area contributed by atoms with E-state index < -0.39 is 0 Å². The molecular formula is C12H12O2. The highest BCUT2D eigenvalue weighted by molar-refractivity contribution is 5.75. The summed E-state index contributed by atoms with van der Waals surface area (Å²) in [4.78, 5) is 10.6. The third kappa shape index (κ3) is 2.90. The quantitative estimate of drug-likeness (QED) is 0.414. The lowest BCUT2D eigenvalue weighted by Gasteiger charge is -2.01. The number of rotatable bonds is 3. The summed E-state index contributed by atoms with van der Waals surface area (Å²) in [6.45, 7) is 5.02. The molecule has 1 aromatic rings. The van der Waals surface area contributed by atoms with Crippen molar-refractivity contribution in [3.63, 3.8) is 0 Å². The maximum atomic E-state index is 10.6. The molecule has 0 heterocycles. The molecule has 0 bridgehead atoms. The molecule has 72 valence electrons. The largest absolute Gasteiger partial charge is 0.434 e. The van der Waals surface area contributed by atoms with Crippen molar-refractivity contribution in [1.29, 1.82) is 0 Å². The number of carbonyl (C=O) groups excluding carboxylic acids is 1. The Kier molecular flexibility index (Phi) is 3.68. The van der Waals surface area contributed by atoms with E-state index in [-0.39, 0.29) is 5.97 Å². The van der Waals surface area contributed by atoms with Gasteiger partial charge in [-0.1, -0.05) is 43.0 Å². The van der Waals surface area contributed by atoms with Gasteiger partial charge in [-0.05, 0) is 5.56 Å². The van der Waals surface area contributed by atoms with Gasteiger partial charge in [-0.3, -0.25) is 4.79 Å². The molecule has 14 heavy (non-hydrogen) atoms. The number of hydrogen-bond donors (Lipinski definition) is 0. The number of carbonyl (C=O) groups is 1. The van der Waals surface area contributed by atoms with Gasteiger partial charge < -0.3 is 4.74 Å². The van der Waals surface area contributed by atoms with Crippen molar-refractivity contribution >= 4 is 11.5 Å². The highest BCUT2D eigenvalue weighted by Crippen LogP contribution is 2.14. The van der Waals surface area contributed by atoms with Crippen LogP contribution in [-0.4, -0.2) is 5.97 Å². The zero-order valence-corrected chi connectivity index (χ0v) is 8.07. The molecule has 2 nitrogen and oxygen atoms in total. The van der Waals surface area contributed by atoms with Crippen molar-refractivity contribution in [2.24, 2.45) is 0 Å². The van der Waals surface area contributed by atoms with Crippen molar-refractivity contribution in [2.75, 3.05) is 0 Å². The number of allylic oxidation sites excluding steroid dienone is 2. The lowest BCUT2D eigenvalue weighted by atomic mass is 10.1. The molecule has 0 saturated carbocycles. The SMILES string of the molecule is C=C/C(=C\OC(C)=O)c1ccccc1. The molecule has 0 aliphatic rings. The smallest absolute Gasteiger partial charge is 0.307 e. The van der Waals surface area contributed by atoms with Gasteiger partial charge in [-0.25, -0.2) is 0 Å². The molecular weight excluding hydrogens is 176 g/mol. The predicted molar refractivity (Wildman–Crippen MR) is 56.4 cm³/mol. The summed E-state index contributed by atoms with van der Waals surface area (Å²) in [5, 5.41) is 0. The number of hydrogen-bond acceptors (Lipinski definition) is 2. The van der Waals surface area contributed by atoms with Crippen LogP contribution in [0.3, 0.4) is 0 Å². The minimum atomic E-state index is -0.333. The molecule has 0 atom stereocenters. The van der Waals surface area contributed by atoms with E-state index in [1.54, 1.807) is 6.08 Å². The maximum Gasteiger partial charge on any atom is 0.307 e. The fourth-order valence-corrected chi connectivity index (χ4v) is 1.01. The van der Waals surface area contributed by atoms with Crippen LogP contribution >= 0.6 is 0 Å². The highest BCUT2D eigenvalue weighted by atomic mass is 16.5. The van der Waals surface area contributed by atoms with Crippen LogP contribution in [0.4, 0.5) is 0 Å². The Morgan fingerprint density at radius 2 is 2.00 bits per heavy atom. The first-order valence-corrected chi connectivity index (χ1v) is 4.29. The second-order valence-corrected chi connectivity index (χ2v) is 2.75. The lowest BCUT2D eigenvalue weighted by molar-refractivity contribution is -0.135. The molecule has 0 amide bonds. The third-order valence-corrected chi connectivity index (χ3v) is 1.68. The molecule has 0 fully saturated rings. The van der Waals surface area contributed by atoms with Crippen LogP contribution in [0.2, 0.25) is 0 Å². The van der Waals surface area contributed by atoms with Gasteiger partial charge in [0.1, 0.15) is 6.26 Å². The van der Waals surface area contributed by atoms with Crippen molar-refractivity contribution in [3.05, 3.63) is 54.8 Å².